The monoisotopic (exact) mass is 212 g/mol. The van der Waals surface area contributed by atoms with E-state index in [1.54, 1.807) is 0 Å². The molecule has 0 aromatic rings. The maximum absolute atomic E-state index is 10.6. The van der Waals surface area contributed by atoms with Gasteiger partial charge < -0.3 is 5.11 Å². The number of carboxylic acids is 1. The van der Waals surface area contributed by atoms with Crippen molar-refractivity contribution < 1.29 is 23.1 Å². The number of aliphatic carboxylic acids is 1. The number of alkyl halides is 3. The third kappa shape index (κ3) is 13.6. The topological polar surface area (TPSA) is 37.3 Å². The molecule has 5 heteroatoms. The van der Waals surface area contributed by atoms with E-state index in [0.29, 0.717) is 0 Å². The lowest BCUT2D eigenvalue weighted by molar-refractivity contribution is -0.192. The van der Waals surface area contributed by atoms with E-state index in [9.17, 15) is 13.2 Å². The van der Waals surface area contributed by atoms with Gasteiger partial charge in [0.1, 0.15) is 0 Å². The maximum Gasteiger partial charge on any atom is 0.490 e. The predicted molar refractivity (Wildman–Crippen MR) is 48.0 cm³/mol. The van der Waals surface area contributed by atoms with Gasteiger partial charge in [0.15, 0.2) is 0 Å². The Kier molecular flexibility index (Phi) is 9.49. The standard InChI is InChI=1S/C7H14.C2HF3O2/c1-3-5-7-6-4-2;3-2(4,5)1(6)7/h3,5H,4,6-7H2,1-2H3;(H,6,7). The molecule has 0 unspecified atom stereocenters. The molecular formula is C9H15F3O2. The van der Waals surface area contributed by atoms with Crippen LogP contribution in [0.5, 0.6) is 0 Å². The zero-order valence-corrected chi connectivity index (χ0v) is 8.27. The second-order valence-corrected chi connectivity index (χ2v) is 2.51. The molecule has 0 bridgehead atoms. The van der Waals surface area contributed by atoms with Crippen LogP contribution in [0.3, 0.4) is 0 Å². The van der Waals surface area contributed by atoms with Crippen molar-refractivity contribution in [3.8, 4) is 0 Å². The van der Waals surface area contributed by atoms with Crippen LogP contribution in [-0.4, -0.2) is 17.3 Å². The molecule has 0 amide bonds. The van der Waals surface area contributed by atoms with Crippen LogP contribution in [0.1, 0.15) is 33.1 Å². The summed E-state index contributed by atoms with van der Waals surface area (Å²) in [7, 11) is 0. The molecule has 2 nitrogen and oxygen atoms in total. The van der Waals surface area contributed by atoms with E-state index in [4.69, 9.17) is 9.90 Å². The van der Waals surface area contributed by atoms with Crippen molar-refractivity contribution in [1.29, 1.82) is 0 Å². The first-order valence-corrected chi connectivity index (χ1v) is 4.27. The number of hydrogen-bond acceptors (Lipinski definition) is 1. The molecule has 0 spiro atoms. The fraction of sp³-hybridized carbons (Fsp3) is 0.667. The summed E-state index contributed by atoms with van der Waals surface area (Å²) in [5.74, 6) is -2.76. The Balaban J connectivity index is 0. The molecule has 0 radical (unpaired) electrons. The second-order valence-electron chi connectivity index (χ2n) is 2.51. The van der Waals surface area contributed by atoms with Gasteiger partial charge in [-0.05, 0) is 13.3 Å². The second kappa shape index (κ2) is 8.59. The molecule has 0 aromatic carbocycles. The Morgan fingerprint density at radius 1 is 1.43 bits per heavy atom. The van der Waals surface area contributed by atoms with E-state index in [1.807, 2.05) is 0 Å². The first-order valence-electron chi connectivity index (χ1n) is 4.27. The summed E-state index contributed by atoms with van der Waals surface area (Å²) in [6.07, 6.45) is 3.14. The van der Waals surface area contributed by atoms with Crippen molar-refractivity contribution in [1.82, 2.24) is 0 Å². The Labute approximate surface area is 81.4 Å². The average Bonchev–Trinajstić information content (AvgIpc) is 2.05. The van der Waals surface area contributed by atoms with Crippen molar-refractivity contribution in [3.05, 3.63) is 12.2 Å². The van der Waals surface area contributed by atoms with Gasteiger partial charge in [-0.25, -0.2) is 4.79 Å². The average molecular weight is 212 g/mol. The van der Waals surface area contributed by atoms with Crippen molar-refractivity contribution in [2.75, 3.05) is 0 Å². The van der Waals surface area contributed by atoms with Gasteiger partial charge in [0.2, 0.25) is 0 Å². The van der Waals surface area contributed by atoms with Gasteiger partial charge in [-0.1, -0.05) is 31.9 Å². The molecule has 0 saturated carbocycles. The molecule has 0 aliphatic heterocycles. The highest BCUT2D eigenvalue weighted by molar-refractivity contribution is 5.73. The first kappa shape index (κ1) is 15.5. The third-order valence-corrected chi connectivity index (χ3v) is 1.20. The lowest BCUT2D eigenvalue weighted by atomic mass is 10.2. The van der Waals surface area contributed by atoms with Gasteiger partial charge in [0.25, 0.3) is 0 Å². The molecular weight excluding hydrogens is 197 g/mol. The summed E-state index contributed by atoms with van der Waals surface area (Å²) < 4.78 is 31.7. The summed E-state index contributed by atoms with van der Waals surface area (Å²) in [5, 5.41) is 7.12. The minimum Gasteiger partial charge on any atom is -0.475 e. The molecule has 0 saturated heterocycles. The van der Waals surface area contributed by atoms with Crippen LogP contribution in [-0.2, 0) is 4.79 Å². The fourth-order valence-electron chi connectivity index (χ4n) is 0.489. The van der Waals surface area contributed by atoms with E-state index in [1.165, 1.54) is 19.3 Å². The Hall–Kier alpha value is -1.00. The molecule has 0 aliphatic rings. The van der Waals surface area contributed by atoms with Gasteiger partial charge in [-0.3, -0.25) is 0 Å². The molecule has 0 atom stereocenters. The highest BCUT2D eigenvalue weighted by Gasteiger charge is 2.38. The first-order chi connectivity index (χ1) is 6.36. The summed E-state index contributed by atoms with van der Waals surface area (Å²) in [5.41, 5.74) is 0. The summed E-state index contributed by atoms with van der Waals surface area (Å²) in [6, 6.07) is 0. The summed E-state index contributed by atoms with van der Waals surface area (Å²) >= 11 is 0. The van der Waals surface area contributed by atoms with Gasteiger partial charge >= 0.3 is 12.1 Å². The number of carboxylic acid groups (broad SMARTS) is 1. The van der Waals surface area contributed by atoms with E-state index in [2.05, 4.69) is 26.0 Å². The van der Waals surface area contributed by atoms with Crippen molar-refractivity contribution in [3.63, 3.8) is 0 Å². The van der Waals surface area contributed by atoms with E-state index >= 15 is 0 Å². The highest BCUT2D eigenvalue weighted by atomic mass is 19.4. The molecule has 0 aromatic heterocycles. The lowest BCUT2D eigenvalue weighted by Crippen LogP contribution is -2.21. The lowest BCUT2D eigenvalue weighted by Gasteiger charge is -1.93. The van der Waals surface area contributed by atoms with Crippen LogP contribution in [0.15, 0.2) is 12.2 Å². The zero-order valence-electron chi connectivity index (χ0n) is 8.27. The van der Waals surface area contributed by atoms with Crippen LogP contribution < -0.4 is 0 Å². The van der Waals surface area contributed by atoms with Crippen LogP contribution in [0.4, 0.5) is 13.2 Å². The van der Waals surface area contributed by atoms with Gasteiger partial charge in [0.05, 0.1) is 0 Å². The quantitative estimate of drug-likeness (QED) is 0.575. The molecule has 0 aliphatic carbocycles. The van der Waals surface area contributed by atoms with Crippen LogP contribution in [0, 0.1) is 0 Å². The van der Waals surface area contributed by atoms with Crippen molar-refractivity contribution >= 4 is 5.97 Å². The minimum absolute atomic E-state index is 1.26. The highest BCUT2D eigenvalue weighted by Crippen LogP contribution is 2.13. The van der Waals surface area contributed by atoms with Gasteiger partial charge in [-0.2, -0.15) is 13.2 Å². The number of unbranched alkanes of at least 4 members (excludes halogenated alkanes) is 2. The molecule has 0 rings (SSSR count). The molecule has 14 heavy (non-hydrogen) atoms. The van der Waals surface area contributed by atoms with Crippen LogP contribution in [0.2, 0.25) is 0 Å². The smallest absolute Gasteiger partial charge is 0.475 e. The van der Waals surface area contributed by atoms with Crippen LogP contribution in [0.25, 0.3) is 0 Å². The van der Waals surface area contributed by atoms with E-state index in [0.717, 1.165) is 0 Å². The number of carbonyl (C=O) groups is 1. The Bertz CT molecular complexity index is 173. The summed E-state index contributed by atoms with van der Waals surface area (Å²) in [4.78, 5) is 8.90. The predicted octanol–water partition coefficient (Wildman–Crippen LogP) is 3.39. The van der Waals surface area contributed by atoms with Gasteiger partial charge in [-0.15, -0.1) is 0 Å². The zero-order chi connectivity index (χ0) is 11.6. The number of hydrogen-bond donors (Lipinski definition) is 1. The molecule has 84 valence electrons. The normalized spacial score (nSPS) is 10.9. The largest absolute Gasteiger partial charge is 0.490 e. The van der Waals surface area contributed by atoms with E-state index in [-0.39, 0.29) is 0 Å². The number of halogens is 3. The van der Waals surface area contributed by atoms with E-state index < -0.39 is 12.1 Å². The maximum atomic E-state index is 10.6. The SMILES string of the molecule is CC=CCCCC.O=C(O)C(F)(F)F. The van der Waals surface area contributed by atoms with Gasteiger partial charge in [0, 0.05) is 0 Å². The number of allylic oxidation sites excluding steroid dienone is 2. The van der Waals surface area contributed by atoms with Crippen molar-refractivity contribution in [2.24, 2.45) is 0 Å². The Morgan fingerprint density at radius 3 is 2.07 bits per heavy atom. The molecule has 0 heterocycles. The van der Waals surface area contributed by atoms with Crippen molar-refractivity contribution in [2.45, 2.75) is 39.3 Å². The third-order valence-electron chi connectivity index (χ3n) is 1.20. The minimum atomic E-state index is -5.08. The van der Waals surface area contributed by atoms with Crippen LogP contribution >= 0.6 is 0 Å². The fourth-order valence-corrected chi connectivity index (χ4v) is 0.489. The Morgan fingerprint density at radius 2 is 1.86 bits per heavy atom. The molecule has 1 N–H and O–H groups in total. The molecule has 0 fully saturated rings. The summed E-state index contributed by atoms with van der Waals surface area (Å²) in [6.45, 7) is 4.28. The number of rotatable bonds is 3.